The molecule has 0 radical (unpaired) electrons. The third-order valence-corrected chi connectivity index (χ3v) is 3.74. The molecule has 1 heterocycles. The van der Waals surface area contributed by atoms with Crippen molar-refractivity contribution in [2.75, 3.05) is 0 Å². The van der Waals surface area contributed by atoms with E-state index in [4.69, 9.17) is 5.73 Å². The molecule has 0 fully saturated rings. The second-order valence-electron chi connectivity index (χ2n) is 5.98. The molecule has 1 aliphatic carbocycles. The molecule has 0 saturated carbocycles. The second-order valence-corrected chi connectivity index (χ2v) is 5.98. The fourth-order valence-electron chi connectivity index (χ4n) is 3.10. The average molecular weight is 250 g/mol. The number of nitrogens with one attached hydrogen (secondary N) is 1. The van der Waals surface area contributed by atoms with E-state index < -0.39 is 11.6 Å². The SMILES string of the molecule is CC1(C)Cc2[nH]c3c(F)cc(F)cc3c2C(N)C1. The molecule has 3 N–H and O–H groups in total. The molecule has 0 spiro atoms. The molecular weight excluding hydrogens is 234 g/mol. The van der Waals surface area contributed by atoms with Gasteiger partial charge < -0.3 is 10.7 Å². The predicted octanol–water partition coefficient (Wildman–Crippen LogP) is 3.42. The van der Waals surface area contributed by atoms with Crippen LogP contribution in [0.5, 0.6) is 0 Å². The third-order valence-electron chi connectivity index (χ3n) is 3.74. The first-order valence-electron chi connectivity index (χ1n) is 6.12. The van der Waals surface area contributed by atoms with Crippen molar-refractivity contribution >= 4 is 10.9 Å². The van der Waals surface area contributed by atoms with Gasteiger partial charge in [0.15, 0.2) is 0 Å². The Morgan fingerprint density at radius 1 is 1.33 bits per heavy atom. The summed E-state index contributed by atoms with van der Waals surface area (Å²) < 4.78 is 27.1. The Labute approximate surface area is 104 Å². The number of rotatable bonds is 0. The Morgan fingerprint density at radius 3 is 2.78 bits per heavy atom. The van der Waals surface area contributed by atoms with E-state index in [0.717, 1.165) is 30.2 Å². The standard InChI is InChI=1S/C14H16F2N2/c1-14(2)5-10(17)12-8-3-7(15)4-9(16)13(8)18-11(12)6-14/h3-4,10,18H,5-6,17H2,1-2H3. The van der Waals surface area contributed by atoms with Crippen molar-refractivity contribution < 1.29 is 8.78 Å². The molecule has 3 rings (SSSR count). The quantitative estimate of drug-likeness (QED) is 0.739. The molecule has 1 aliphatic rings. The average Bonchev–Trinajstić information content (AvgIpc) is 2.54. The summed E-state index contributed by atoms with van der Waals surface area (Å²) in [4.78, 5) is 3.08. The topological polar surface area (TPSA) is 41.8 Å². The van der Waals surface area contributed by atoms with Crippen LogP contribution in [0.15, 0.2) is 12.1 Å². The predicted molar refractivity (Wildman–Crippen MR) is 67.2 cm³/mol. The van der Waals surface area contributed by atoms with Crippen molar-refractivity contribution in [2.45, 2.75) is 32.7 Å². The molecule has 2 nitrogen and oxygen atoms in total. The fraction of sp³-hybridized carbons (Fsp3) is 0.429. The van der Waals surface area contributed by atoms with Gasteiger partial charge in [0.25, 0.3) is 0 Å². The van der Waals surface area contributed by atoms with E-state index in [2.05, 4.69) is 18.8 Å². The number of benzene rings is 1. The van der Waals surface area contributed by atoms with Crippen LogP contribution in [-0.4, -0.2) is 4.98 Å². The lowest BCUT2D eigenvalue weighted by Crippen LogP contribution is -2.29. The van der Waals surface area contributed by atoms with Gasteiger partial charge in [-0.15, -0.1) is 0 Å². The summed E-state index contributed by atoms with van der Waals surface area (Å²) in [7, 11) is 0. The zero-order chi connectivity index (χ0) is 13.1. The molecule has 2 aromatic rings. The van der Waals surface area contributed by atoms with Crippen LogP contribution in [0.3, 0.4) is 0 Å². The molecule has 0 saturated heterocycles. The van der Waals surface area contributed by atoms with Gasteiger partial charge in [-0.1, -0.05) is 13.8 Å². The molecule has 0 bridgehead atoms. The minimum Gasteiger partial charge on any atom is -0.356 e. The van der Waals surface area contributed by atoms with Crippen molar-refractivity contribution in [1.29, 1.82) is 0 Å². The van der Waals surface area contributed by atoms with Crippen LogP contribution in [0.25, 0.3) is 10.9 Å². The highest BCUT2D eigenvalue weighted by Gasteiger charge is 2.33. The Balaban J connectivity index is 2.30. The normalized spacial score (nSPS) is 22.2. The summed E-state index contributed by atoms with van der Waals surface area (Å²) in [5.41, 5.74) is 8.44. The van der Waals surface area contributed by atoms with Crippen molar-refractivity contribution in [3.8, 4) is 0 Å². The Kier molecular flexibility index (Phi) is 2.29. The number of H-pyrrole nitrogens is 1. The summed E-state index contributed by atoms with van der Waals surface area (Å²) >= 11 is 0. The molecule has 18 heavy (non-hydrogen) atoms. The van der Waals surface area contributed by atoms with E-state index in [0.29, 0.717) is 10.9 Å². The van der Waals surface area contributed by atoms with Crippen molar-refractivity contribution in [3.63, 3.8) is 0 Å². The first-order chi connectivity index (χ1) is 8.37. The zero-order valence-corrected chi connectivity index (χ0v) is 10.5. The highest BCUT2D eigenvalue weighted by molar-refractivity contribution is 5.86. The van der Waals surface area contributed by atoms with Gasteiger partial charge >= 0.3 is 0 Å². The van der Waals surface area contributed by atoms with Crippen molar-refractivity contribution in [2.24, 2.45) is 11.1 Å². The number of nitrogens with two attached hydrogens (primary N) is 1. The molecule has 4 heteroatoms. The van der Waals surface area contributed by atoms with Gasteiger partial charge in [0, 0.05) is 23.2 Å². The molecule has 1 aromatic heterocycles. The number of aromatic amines is 1. The van der Waals surface area contributed by atoms with Gasteiger partial charge in [-0.2, -0.15) is 0 Å². The summed E-state index contributed by atoms with van der Waals surface area (Å²) in [6.07, 6.45) is 1.64. The van der Waals surface area contributed by atoms with Gasteiger partial charge in [0.2, 0.25) is 0 Å². The molecule has 1 atom stereocenters. The van der Waals surface area contributed by atoms with Crippen LogP contribution in [0.1, 0.15) is 37.6 Å². The van der Waals surface area contributed by atoms with E-state index in [1.807, 2.05) is 0 Å². The van der Waals surface area contributed by atoms with Crippen molar-refractivity contribution in [1.82, 2.24) is 4.98 Å². The Morgan fingerprint density at radius 2 is 2.06 bits per heavy atom. The van der Waals surface area contributed by atoms with E-state index in [-0.39, 0.29) is 11.5 Å². The number of halogens is 2. The van der Waals surface area contributed by atoms with Gasteiger partial charge in [-0.25, -0.2) is 8.78 Å². The van der Waals surface area contributed by atoms with Crippen LogP contribution < -0.4 is 5.73 Å². The van der Waals surface area contributed by atoms with Gasteiger partial charge in [-0.3, -0.25) is 0 Å². The van der Waals surface area contributed by atoms with Crippen LogP contribution in [0, 0.1) is 17.0 Å². The van der Waals surface area contributed by atoms with Crippen LogP contribution in [-0.2, 0) is 6.42 Å². The lowest BCUT2D eigenvalue weighted by Gasteiger charge is -2.33. The molecule has 0 aliphatic heterocycles. The van der Waals surface area contributed by atoms with Crippen LogP contribution >= 0.6 is 0 Å². The molecule has 1 unspecified atom stereocenters. The molecule has 0 amide bonds. The zero-order valence-electron chi connectivity index (χ0n) is 10.5. The Hall–Kier alpha value is -1.42. The minimum atomic E-state index is -0.557. The monoisotopic (exact) mass is 250 g/mol. The lowest BCUT2D eigenvalue weighted by atomic mass is 9.74. The van der Waals surface area contributed by atoms with E-state index in [9.17, 15) is 8.78 Å². The summed E-state index contributed by atoms with van der Waals surface area (Å²) in [6, 6.07) is 2.10. The summed E-state index contributed by atoms with van der Waals surface area (Å²) in [5, 5.41) is 0.588. The van der Waals surface area contributed by atoms with E-state index >= 15 is 0 Å². The Bertz CT molecular complexity index is 628. The molecule has 1 aromatic carbocycles. The molecule has 96 valence electrons. The van der Waals surface area contributed by atoms with Crippen LogP contribution in [0.2, 0.25) is 0 Å². The first kappa shape index (κ1) is 11.7. The summed E-state index contributed by atoms with van der Waals surface area (Å²) in [6.45, 7) is 4.27. The van der Waals surface area contributed by atoms with Crippen LogP contribution in [0.4, 0.5) is 8.78 Å². The first-order valence-corrected chi connectivity index (χ1v) is 6.12. The highest BCUT2D eigenvalue weighted by atomic mass is 19.1. The maximum absolute atomic E-state index is 13.7. The number of aromatic nitrogens is 1. The fourth-order valence-corrected chi connectivity index (χ4v) is 3.10. The maximum Gasteiger partial charge on any atom is 0.150 e. The number of hydrogen-bond acceptors (Lipinski definition) is 1. The van der Waals surface area contributed by atoms with E-state index in [1.165, 1.54) is 6.07 Å². The van der Waals surface area contributed by atoms with Gasteiger partial charge in [0.05, 0.1) is 5.52 Å². The smallest absolute Gasteiger partial charge is 0.150 e. The second kappa shape index (κ2) is 3.54. The molecular formula is C14H16F2N2. The van der Waals surface area contributed by atoms with Crippen molar-refractivity contribution in [3.05, 3.63) is 35.0 Å². The van der Waals surface area contributed by atoms with E-state index in [1.54, 1.807) is 0 Å². The number of hydrogen-bond donors (Lipinski definition) is 2. The van der Waals surface area contributed by atoms with Gasteiger partial charge in [0.1, 0.15) is 11.6 Å². The summed E-state index contributed by atoms with van der Waals surface area (Å²) in [5.74, 6) is -1.11. The third kappa shape index (κ3) is 1.63. The van der Waals surface area contributed by atoms with Gasteiger partial charge in [-0.05, 0) is 29.9 Å². The largest absolute Gasteiger partial charge is 0.356 e. The minimum absolute atomic E-state index is 0.0856. The highest BCUT2D eigenvalue weighted by Crippen LogP contribution is 2.42. The number of fused-ring (bicyclic) bond motifs is 3. The lowest BCUT2D eigenvalue weighted by molar-refractivity contribution is 0.281. The maximum atomic E-state index is 13.7.